The van der Waals surface area contributed by atoms with Crippen molar-refractivity contribution in [3.63, 3.8) is 0 Å². The van der Waals surface area contributed by atoms with Crippen LogP contribution in [0, 0.1) is 0 Å². The van der Waals surface area contributed by atoms with E-state index in [1.807, 2.05) is 12.1 Å². The number of primary amides is 1. The number of benzene rings is 1. The monoisotopic (exact) mass is 398 g/mol. The number of ether oxygens (including phenoxy) is 2. The third kappa shape index (κ3) is 4.63. The van der Waals surface area contributed by atoms with Gasteiger partial charge < -0.3 is 25.4 Å². The van der Waals surface area contributed by atoms with Gasteiger partial charge in [-0.05, 0) is 44.0 Å². The number of carbonyl (C=O) groups excluding carboxylic acids is 1. The number of hydrogen-bond donors (Lipinski definition) is 2. The van der Waals surface area contributed by atoms with E-state index >= 15 is 0 Å². The maximum absolute atomic E-state index is 11.0. The van der Waals surface area contributed by atoms with Crippen LogP contribution in [0.25, 0.3) is 11.4 Å². The number of nitrogens with one attached hydrogen (secondary N) is 1. The first-order chi connectivity index (χ1) is 14.1. The van der Waals surface area contributed by atoms with Gasteiger partial charge in [0.1, 0.15) is 5.82 Å². The van der Waals surface area contributed by atoms with Crippen molar-refractivity contribution < 1.29 is 14.3 Å². The number of aromatic nitrogens is 3. The minimum Gasteiger partial charge on any atom is -0.381 e. The summed E-state index contributed by atoms with van der Waals surface area (Å²) in [5.74, 6) is 2.38. The molecule has 1 aromatic heterocycles. The molecule has 0 saturated carbocycles. The summed E-state index contributed by atoms with van der Waals surface area (Å²) < 4.78 is 11.1. The van der Waals surface area contributed by atoms with Crippen molar-refractivity contribution in [1.82, 2.24) is 15.0 Å². The minimum atomic E-state index is -0.594. The zero-order valence-corrected chi connectivity index (χ0v) is 16.5. The molecule has 0 bridgehead atoms. The van der Waals surface area contributed by atoms with E-state index in [0.717, 1.165) is 44.0 Å². The Kier molecular flexibility index (Phi) is 5.86. The predicted molar refractivity (Wildman–Crippen MR) is 109 cm³/mol. The third-order valence-electron chi connectivity index (χ3n) is 5.26. The summed E-state index contributed by atoms with van der Waals surface area (Å²) in [6.45, 7) is 5.62. The molecule has 2 fully saturated rings. The SMILES string of the molecule is CC1COCCN1c1nc(-c2ccc(NC(N)=O)cc2)nc(C2CCOCC2)n1. The van der Waals surface area contributed by atoms with Gasteiger partial charge >= 0.3 is 6.03 Å². The number of nitrogens with zero attached hydrogens (tertiary/aromatic N) is 4. The lowest BCUT2D eigenvalue weighted by atomic mass is 9.99. The molecule has 9 nitrogen and oxygen atoms in total. The molecule has 4 rings (SSSR count). The molecule has 2 amide bonds. The summed E-state index contributed by atoms with van der Waals surface area (Å²) in [6, 6.07) is 6.93. The average Bonchev–Trinajstić information content (AvgIpc) is 2.74. The van der Waals surface area contributed by atoms with Crippen molar-refractivity contribution in [3.8, 4) is 11.4 Å². The van der Waals surface area contributed by atoms with Gasteiger partial charge in [-0.25, -0.2) is 9.78 Å². The van der Waals surface area contributed by atoms with Gasteiger partial charge in [0.2, 0.25) is 5.95 Å². The first kappa shape index (κ1) is 19.5. The fraction of sp³-hybridized carbons (Fsp3) is 0.500. The average molecular weight is 398 g/mol. The van der Waals surface area contributed by atoms with Crippen molar-refractivity contribution in [2.24, 2.45) is 5.73 Å². The van der Waals surface area contributed by atoms with Gasteiger partial charge in [-0.1, -0.05) is 0 Å². The van der Waals surface area contributed by atoms with Gasteiger partial charge in [0, 0.05) is 36.9 Å². The Hall–Kier alpha value is -2.78. The molecule has 0 radical (unpaired) electrons. The van der Waals surface area contributed by atoms with E-state index in [1.165, 1.54) is 0 Å². The molecule has 1 aromatic carbocycles. The molecular weight excluding hydrogens is 372 g/mol. The Bertz CT molecular complexity index is 854. The zero-order chi connectivity index (χ0) is 20.2. The maximum Gasteiger partial charge on any atom is 0.316 e. The van der Waals surface area contributed by atoms with Gasteiger partial charge in [-0.15, -0.1) is 0 Å². The summed E-state index contributed by atoms with van der Waals surface area (Å²) in [7, 11) is 0. The minimum absolute atomic E-state index is 0.198. The van der Waals surface area contributed by atoms with Crippen LogP contribution in [0.15, 0.2) is 24.3 Å². The number of rotatable bonds is 4. The summed E-state index contributed by atoms with van der Waals surface area (Å²) in [4.78, 5) is 27.6. The van der Waals surface area contributed by atoms with Crippen molar-refractivity contribution in [2.45, 2.75) is 31.7 Å². The molecule has 2 aromatic rings. The lowest BCUT2D eigenvalue weighted by Gasteiger charge is -2.34. The number of morpholine rings is 1. The zero-order valence-electron chi connectivity index (χ0n) is 16.5. The van der Waals surface area contributed by atoms with E-state index < -0.39 is 6.03 Å². The number of anilines is 2. The Labute approximate surface area is 169 Å². The summed E-state index contributed by atoms with van der Waals surface area (Å²) in [6.07, 6.45) is 1.81. The van der Waals surface area contributed by atoms with Gasteiger partial charge in [0.25, 0.3) is 0 Å². The van der Waals surface area contributed by atoms with Crippen LogP contribution in [0.1, 0.15) is 31.5 Å². The van der Waals surface area contributed by atoms with Crippen molar-refractivity contribution in [2.75, 3.05) is 43.2 Å². The molecule has 2 aliphatic rings. The Morgan fingerprint density at radius 2 is 1.86 bits per heavy atom. The number of nitrogens with two attached hydrogens (primary N) is 1. The molecule has 3 heterocycles. The van der Waals surface area contributed by atoms with Crippen LogP contribution in [0.5, 0.6) is 0 Å². The fourth-order valence-electron chi connectivity index (χ4n) is 3.65. The second-order valence-electron chi connectivity index (χ2n) is 7.39. The molecule has 0 aliphatic carbocycles. The van der Waals surface area contributed by atoms with Crippen LogP contribution in [-0.4, -0.2) is 60.0 Å². The standard InChI is InChI=1S/C20H26N6O3/c1-13-12-29-11-8-26(13)20-24-17(14-2-4-16(5-3-14)22-19(21)27)23-18(25-20)15-6-9-28-10-7-15/h2-5,13,15H,6-12H2,1H3,(H3,21,22,27). The van der Waals surface area contributed by atoms with E-state index in [1.54, 1.807) is 12.1 Å². The number of urea groups is 1. The van der Waals surface area contributed by atoms with E-state index in [9.17, 15) is 4.79 Å². The summed E-state index contributed by atoms with van der Waals surface area (Å²) >= 11 is 0. The van der Waals surface area contributed by atoms with Crippen LogP contribution in [-0.2, 0) is 9.47 Å². The lowest BCUT2D eigenvalue weighted by molar-refractivity contribution is 0.0834. The van der Waals surface area contributed by atoms with Crippen LogP contribution in [0.3, 0.4) is 0 Å². The normalized spacial score (nSPS) is 20.4. The molecule has 1 unspecified atom stereocenters. The van der Waals surface area contributed by atoms with Crippen molar-refractivity contribution in [3.05, 3.63) is 30.1 Å². The Morgan fingerprint density at radius 3 is 2.55 bits per heavy atom. The molecular formula is C20H26N6O3. The van der Waals surface area contributed by atoms with Crippen LogP contribution in [0.2, 0.25) is 0 Å². The second kappa shape index (κ2) is 8.71. The second-order valence-corrected chi connectivity index (χ2v) is 7.39. The molecule has 9 heteroatoms. The Balaban J connectivity index is 1.69. The summed E-state index contributed by atoms with van der Waals surface area (Å²) in [5.41, 5.74) is 6.67. The van der Waals surface area contributed by atoms with Crippen molar-refractivity contribution >= 4 is 17.7 Å². The summed E-state index contributed by atoms with van der Waals surface area (Å²) in [5, 5.41) is 2.57. The molecule has 0 spiro atoms. The highest BCUT2D eigenvalue weighted by Crippen LogP contribution is 2.28. The topological polar surface area (TPSA) is 115 Å². The Morgan fingerprint density at radius 1 is 1.10 bits per heavy atom. The van der Waals surface area contributed by atoms with Gasteiger partial charge in [-0.3, -0.25) is 0 Å². The number of carbonyl (C=O) groups is 1. The molecule has 29 heavy (non-hydrogen) atoms. The van der Waals surface area contributed by atoms with E-state index in [0.29, 0.717) is 30.7 Å². The van der Waals surface area contributed by atoms with Crippen LogP contribution < -0.4 is 16.0 Å². The van der Waals surface area contributed by atoms with Gasteiger partial charge in [-0.2, -0.15) is 9.97 Å². The molecule has 154 valence electrons. The first-order valence-electron chi connectivity index (χ1n) is 9.95. The number of hydrogen-bond acceptors (Lipinski definition) is 7. The van der Waals surface area contributed by atoms with Gasteiger partial charge in [0.15, 0.2) is 5.82 Å². The van der Waals surface area contributed by atoms with Crippen LogP contribution >= 0.6 is 0 Å². The quantitative estimate of drug-likeness (QED) is 0.811. The van der Waals surface area contributed by atoms with E-state index in [4.69, 9.17) is 30.2 Å². The third-order valence-corrected chi connectivity index (χ3v) is 5.26. The lowest BCUT2D eigenvalue weighted by Crippen LogP contribution is -2.44. The molecule has 2 aliphatic heterocycles. The van der Waals surface area contributed by atoms with Crippen LogP contribution in [0.4, 0.5) is 16.4 Å². The smallest absolute Gasteiger partial charge is 0.316 e. The largest absolute Gasteiger partial charge is 0.381 e. The highest BCUT2D eigenvalue weighted by molar-refractivity contribution is 5.88. The molecule has 1 atom stereocenters. The highest BCUT2D eigenvalue weighted by atomic mass is 16.5. The first-order valence-corrected chi connectivity index (χ1v) is 9.95. The maximum atomic E-state index is 11.0. The molecule has 3 N–H and O–H groups in total. The fourth-order valence-corrected chi connectivity index (χ4v) is 3.65. The molecule has 2 saturated heterocycles. The van der Waals surface area contributed by atoms with E-state index in [-0.39, 0.29) is 12.0 Å². The van der Waals surface area contributed by atoms with E-state index in [2.05, 4.69) is 17.1 Å². The highest BCUT2D eigenvalue weighted by Gasteiger charge is 2.26. The predicted octanol–water partition coefficient (Wildman–Crippen LogP) is 2.15. The van der Waals surface area contributed by atoms with Gasteiger partial charge in [0.05, 0.1) is 19.3 Å². The number of amides is 2. The van der Waals surface area contributed by atoms with Crippen molar-refractivity contribution in [1.29, 1.82) is 0 Å².